The average Bonchev–Trinajstić information content (AvgIpc) is 3.30. The third-order valence-corrected chi connectivity index (χ3v) is 4.55. The van der Waals surface area contributed by atoms with Gasteiger partial charge >= 0.3 is 5.97 Å². The summed E-state index contributed by atoms with van der Waals surface area (Å²) < 4.78 is 0. The molecule has 0 aromatic heterocycles. The Bertz CT molecular complexity index is 457. The lowest BCUT2D eigenvalue weighted by molar-refractivity contribution is -0.146. The van der Waals surface area contributed by atoms with E-state index in [0.717, 1.165) is 19.4 Å². The molecule has 0 bridgehead atoms. The van der Waals surface area contributed by atoms with Gasteiger partial charge in [-0.2, -0.15) is 0 Å². The number of carbonyl (C=O) groups is 3. The lowest BCUT2D eigenvalue weighted by atomic mass is 10.1. The van der Waals surface area contributed by atoms with Crippen molar-refractivity contribution in [2.24, 2.45) is 17.8 Å². The third-order valence-electron chi connectivity index (χ3n) is 4.55. The van der Waals surface area contributed by atoms with Crippen LogP contribution in [0.3, 0.4) is 0 Å². The molecule has 1 aliphatic heterocycles. The van der Waals surface area contributed by atoms with E-state index in [1.54, 1.807) is 4.90 Å². The van der Waals surface area contributed by atoms with Gasteiger partial charge in [0.1, 0.15) is 6.54 Å². The van der Waals surface area contributed by atoms with Gasteiger partial charge < -0.3 is 14.9 Å². The maximum absolute atomic E-state index is 12.5. The van der Waals surface area contributed by atoms with Crippen molar-refractivity contribution < 1.29 is 19.5 Å². The number of carboxylic acids is 1. The summed E-state index contributed by atoms with van der Waals surface area (Å²) in [6.45, 7) is 1.51. The van der Waals surface area contributed by atoms with Gasteiger partial charge in [-0.25, -0.2) is 0 Å². The fourth-order valence-electron chi connectivity index (χ4n) is 2.99. The van der Waals surface area contributed by atoms with E-state index in [1.807, 2.05) is 0 Å². The Labute approximate surface area is 124 Å². The Morgan fingerprint density at radius 2 is 1.86 bits per heavy atom. The van der Waals surface area contributed by atoms with Gasteiger partial charge in [0.25, 0.3) is 0 Å². The Balaban J connectivity index is 1.58. The topological polar surface area (TPSA) is 77.9 Å². The first-order chi connectivity index (χ1) is 10.0. The molecule has 1 heterocycles. The van der Waals surface area contributed by atoms with Crippen LogP contribution in [-0.4, -0.2) is 58.9 Å². The molecular weight excluding hydrogens is 272 g/mol. The predicted molar refractivity (Wildman–Crippen MR) is 74.4 cm³/mol. The molecule has 0 aromatic rings. The molecule has 1 N–H and O–H groups in total. The van der Waals surface area contributed by atoms with Crippen LogP contribution in [0.15, 0.2) is 0 Å². The normalized spacial score (nSPS) is 25.2. The minimum absolute atomic E-state index is 0.0435. The number of rotatable bonds is 7. The lowest BCUT2D eigenvalue weighted by Crippen LogP contribution is -2.41. The first kappa shape index (κ1) is 14.4. The number of nitrogens with zero attached hydrogens (tertiary/aromatic N) is 2. The smallest absolute Gasteiger partial charge is 0.323 e. The monoisotopic (exact) mass is 294 g/mol. The maximum atomic E-state index is 12.5. The van der Waals surface area contributed by atoms with Crippen LogP contribution in [0, 0.1) is 17.8 Å². The highest BCUT2D eigenvalue weighted by molar-refractivity contribution is 5.90. The van der Waals surface area contributed by atoms with Gasteiger partial charge in [-0.1, -0.05) is 0 Å². The molecule has 21 heavy (non-hydrogen) atoms. The minimum Gasteiger partial charge on any atom is -0.480 e. The molecule has 6 nitrogen and oxygen atoms in total. The van der Waals surface area contributed by atoms with E-state index in [4.69, 9.17) is 5.11 Å². The van der Waals surface area contributed by atoms with Gasteiger partial charge in [-0.05, 0) is 37.5 Å². The molecule has 116 valence electrons. The SMILES string of the molecule is O=C(O)CN(CC1CC1)C(=O)C1CC(=O)N(CC2CC2)C1. The minimum atomic E-state index is -0.983. The van der Waals surface area contributed by atoms with Crippen molar-refractivity contribution in [1.29, 1.82) is 0 Å². The average molecular weight is 294 g/mol. The molecular formula is C15H22N2O4. The van der Waals surface area contributed by atoms with Crippen LogP contribution in [0.2, 0.25) is 0 Å². The van der Waals surface area contributed by atoms with Crippen LogP contribution in [0.4, 0.5) is 0 Å². The quantitative estimate of drug-likeness (QED) is 0.744. The molecule has 6 heteroatoms. The number of amides is 2. The molecule has 3 aliphatic rings. The van der Waals surface area contributed by atoms with Crippen LogP contribution >= 0.6 is 0 Å². The van der Waals surface area contributed by atoms with Crippen molar-refractivity contribution in [2.75, 3.05) is 26.2 Å². The second-order valence-electron chi connectivity index (χ2n) is 6.70. The van der Waals surface area contributed by atoms with Crippen molar-refractivity contribution in [3.05, 3.63) is 0 Å². The summed E-state index contributed by atoms with van der Waals surface area (Å²) in [5.74, 6) is -0.382. The fraction of sp³-hybridized carbons (Fsp3) is 0.800. The van der Waals surface area contributed by atoms with Gasteiger partial charge in [0.05, 0.1) is 5.92 Å². The van der Waals surface area contributed by atoms with E-state index in [-0.39, 0.29) is 30.7 Å². The Morgan fingerprint density at radius 1 is 1.19 bits per heavy atom. The van der Waals surface area contributed by atoms with Gasteiger partial charge in [0.15, 0.2) is 0 Å². The summed E-state index contributed by atoms with van der Waals surface area (Å²) in [6, 6.07) is 0. The Hall–Kier alpha value is -1.59. The molecule has 0 radical (unpaired) electrons. The van der Waals surface area contributed by atoms with Crippen molar-refractivity contribution >= 4 is 17.8 Å². The van der Waals surface area contributed by atoms with Crippen molar-refractivity contribution in [3.63, 3.8) is 0 Å². The molecule has 3 fully saturated rings. The van der Waals surface area contributed by atoms with Gasteiger partial charge in [-0.3, -0.25) is 14.4 Å². The Kier molecular flexibility index (Phi) is 3.87. The number of carboxylic acid groups (broad SMARTS) is 1. The summed E-state index contributed by atoms with van der Waals surface area (Å²) in [6.07, 6.45) is 4.73. The van der Waals surface area contributed by atoms with Gasteiger partial charge in [0.2, 0.25) is 11.8 Å². The standard InChI is InChI=1S/C15H22N2O4/c18-13-5-12(8-16(13)6-10-1-2-10)15(21)17(9-14(19)20)7-11-3-4-11/h10-12H,1-9H2,(H,19,20). The second kappa shape index (κ2) is 5.66. The van der Waals surface area contributed by atoms with E-state index in [1.165, 1.54) is 17.7 Å². The number of carbonyl (C=O) groups excluding carboxylic acids is 2. The highest BCUT2D eigenvalue weighted by Gasteiger charge is 2.40. The third kappa shape index (κ3) is 3.74. The van der Waals surface area contributed by atoms with Crippen LogP contribution in [0.5, 0.6) is 0 Å². The molecule has 1 saturated heterocycles. The first-order valence-corrected chi connectivity index (χ1v) is 7.81. The molecule has 2 saturated carbocycles. The first-order valence-electron chi connectivity index (χ1n) is 7.81. The number of likely N-dealkylation sites (tertiary alicyclic amines) is 1. The van der Waals surface area contributed by atoms with Gasteiger partial charge in [0, 0.05) is 26.1 Å². The number of aliphatic carboxylic acids is 1. The number of hydrogen-bond donors (Lipinski definition) is 1. The maximum Gasteiger partial charge on any atom is 0.323 e. The zero-order chi connectivity index (χ0) is 15.0. The Morgan fingerprint density at radius 3 is 2.43 bits per heavy atom. The molecule has 0 aromatic carbocycles. The lowest BCUT2D eigenvalue weighted by Gasteiger charge is -2.24. The van der Waals surface area contributed by atoms with E-state index in [2.05, 4.69) is 0 Å². The van der Waals surface area contributed by atoms with Gasteiger partial charge in [-0.15, -0.1) is 0 Å². The zero-order valence-corrected chi connectivity index (χ0v) is 12.2. The highest BCUT2D eigenvalue weighted by Crippen LogP contribution is 2.33. The van der Waals surface area contributed by atoms with Crippen molar-refractivity contribution in [1.82, 2.24) is 9.80 Å². The van der Waals surface area contributed by atoms with E-state index >= 15 is 0 Å². The highest BCUT2D eigenvalue weighted by atomic mass is 16.4. The van der Waals surface area contributed by atoms with E-state index < -0.39 is 5.97 Å². The summed E-state index contributed by atoms with van der Waals surface area (Å²) in [7, 11) is 0. The molecule has 0 spiro atoms. The summed E-state index contributed by atoms with van der Waals surface area (Å²) in [5, 5.41) is 8.97. The molecule has 1 atom stereocenters. The largest absolute Gasteiger partial charge is 0.480 e. The summed E-state index contributed by atoms with van der Waals surface area (Å²) in [5.41, 5.74) is 0. The second-order valence-corrected chi connectivity index (χ2v) is 6.70. The zero-order valence-electron chi connectivity index (χ0n) is 12.2. The van der Waals surface area contributed by atoms with Crippen LogP contribution < -0.4 is 0 Å². The van der Waals surface area contributed by atoms with E-state index in [0.29, 0.717) is 24.9 Å². The molecule has 3 rings (SSSR count). The molecule has 2 aliphatic carbocycles. The van der Waals surface area contributed by atoms with Crippen LogP contribution in [0.1, 0.15) is 32.1 Å². The van der Waals surface area contributed by atoms with Crippen molar-refractivity contribution in [2.45, 2.75) is 32.1 Å². The molecule has 2 amide bonds. The van der Waals surface area contributed by atoms with Crippen LogP contribution in [-0.2, 0) is 14.4 Å². The number of hydrogen-bond acceptors (Lipinski definition) is 3. The summed E-state index contributed by atoms with van der Waals surface area (Å²) >= 11 is 0. The predicted octanol–water partition coefficient (Wildman–Crippen LogP) is 0.568. The molecule has 1 unspecified atom stereocenters. The summed E-state index contributed by atoms with van der Waals surface area (Å²) in [4.78, 5) is 38.7. The fourth-order valence-corrected chi connectivity index (χ4v) is 2.99. The van der Waals surface area contributed by atoms with Crippen molar-refractivity contribution in [3.8, 4) is 0 Å². The van der Waals surface area contributed by atoms with Crippen LogP contribution in [0.25, 0.3) is 0 Å². The van der Waals surface area contributed by atoms with E-state index in [9.17, 15) is 14.4 Å².